The van der Waals surface area contributed by atoms with Crippen molar-refractivity contribution in [2.24, 2.45) is 5.10 Å². The Kier molecular flexibility index (Phi) is 5.92. The van der Waals surface area contributed by atoms with Crippen LogP contribution in [-0.2, 0) is 10.0 Å². The number of hydrazone groups is 1. The number of methoxy groups -OCH3 is 1. The molecule has 1 fully saturated rings. The van der Waals surface area contributed by atoms with Crippen molar-refractivity contribution >= 4 is 22.1 Å². The van der Waals surface area contributed by atoms with E-state index >= 15 is 0 Å². The monoisotopic (exact) mass is 390 g/mol. The number of hydrogen-bond acceptors (Lipinski definition) is 7. The predicted molar refractivity (Wildman–Crippen MR) is 103 cm³/mol. The molecule has 2 N–H and O–H groups in total. The highest BCUT2D eigenvalue weighted by Gasteiger charge is 2.26. The van der Waals surface area contributed by atoms with E-state index in [0.29, 0.717) is 30.2 Å². The van der Waals surface area contributed by atoms with E-state index in [1.807, 2.05) is 0 Å². The molecule has 0 spiro atoms. The number of piperidine rings is 1. The molecule has 8 nitrogen and oxygen atoms in total. The minimum Gasteiger partial charge on any atom is -0.504 e. The number of anilines is 1. The summed E-state index contributed by atoms with van der Waals surface area (Å²) in [7, 11) is -2.01. The quantitative estimate of drug-likeness (QED) is 0.580. The van der Waals surface area contributed by atoms with Crippen molar-refractivity contribution in [3.8, 4) is 11.5 Å². The van der Waals surface area contributed by atoms with Gasteiger partial charge in [-0.3, -0.25) is 5.43 Å². The molecule has 0 saturated carbocycles. The van der Waals surface area contributed by atoms with Gasteiger partial charge < -0.3 is 9.84 Å². The number of ether oxygens (including phenoxy) is 1. The van der Waals surface area contributed by atoms with Crippen molar-refractivity contribution < 1.29 is 18.3 Å². The van der Waals surface area contributed by atoms with Crippen molar-refractivity contribution in [1.82, 2.24) is 9.29 Å². The van der Waals surface area contributed by atoms with Gasteiger partial charge in [0, 0.05) is 19.3 Å². The molecule has 0 aliphatic carbocycles. The van der Waals surface area contributed by atoms with Crippen LogP contribution in [0.1, 0.15) is 24.8 Å². The highest BCUT2D eigenvalue weighted by Crippen LogP contribution is 2.25. The number of hydrogen-bond donors (Lipinski definition) is 2. The smallest absolute Gasteiger partial charge is 0.244 e. The van der Waals surface area contributed by atoms with E-state index in [1.165, 1.54) is 36.0 Å². The predicted octanol–water partition coefficient (Wildman–Crippen LogP) is 2.42. The summed E-state index contributed by atoms with van der Waals surface area (Å²) in [6.07, 6.45) is 5.70. The molecular formula is C18H22N4O4S. The molecule has 1 saturated heterocycles. The highest BCUT2D eigenvalue weighted by molar-refractivity contribution is 7.89. The Morgan fingerprint density at radius 2 is 2.00 bits per heavy atom. The van der Waals surface area contributed by atoms with Gasteiger partial charge in [0.25, 0.3) is 0 Å². The maximum Gasteiger partial charge on any atom is 0.244 e. The van der Waals surface area contributed by atoms with E-state index in [0.717, 1.165) is 19.3 Å². The molecule has 2 aromatic rings. The number of pyridine rings is 1. The standard InChI is InChI=1S/C18H22N4O4S/c1-26-17-7-5-14(11-16(17)23)12-20-21-18-8-6-15(13-19-18)27(24,25)22-9-3-2-4-10-22/h5-8,11-13,23H,2-4,9-10H2,1H3,(H,19,21)/b20-12+. The summed E-state index contributed by atoms with van der Waals surface area (Å²) in [4.78, 5) is 4.30. The van der Waals surface area contributed by atoms with Gasteiger partial charge in [0.2, 0.25) is 10.0 Å². The van der Waals surface area contributed by atoms with Crippen LogP contribution in [0, 0.1) is 0 Å². The molecule has 0 radical (unpaired) electrons. The Morgan fingerprint density at radius 1 is 1.22 bits per heavy atom. The average Bonchev–Trinajstić information content (AvgIpc) is 2.69. The van der Waals surface area contributed by atoms with Gasteiger partial charge in [-0.25, -0.2) is 13.4 Å². The molecule has 1 aliphatic rings. The first-order chi connectivity index (χ1) is 13.0. The van der Waals surface area contributed by atoms with Crippen molar-refractivity contribution in [1.29, 1.82) is 0 Å². The zero-order valence-electron chi connectivity index (χ0n) is 15.0. The maximum atomic E-state index is 12.6. The Bertz CT molecular complexity index is 907. The number of phenols is 1. The van der Waals surface area contributed by atoms with Gasteiger partial charge in [-0.05, 0) is 48.7 Å². The maximum absolute atomic E-state index is 12.6. The molecule has 1 aromatic carbocycles. The molecule has 0 unspecified atom stereocenters. The minimum atomic E-state index is -3.49. The number of nitrogens with zero attached hydrogens (tertiary/aromatic N) is 3. The number of benzene rings is 1. The normalized spacial score (nSPS) is 15.7. The van der Waals surface area contributed by atoms with Crippen molar-refractivity contribution in [2.45, 2.75) is 24.2 Å². The first-order valence-corrected chi connectivity index (χ1v) is 10.1. The molecule has 0 atom stereocenters. The fraction of sp³-hybridized carbons (Fsp3) is 0.333. The first kappa shape index (κ1) is 19.1. The van der Waals surface area contributed by atoms with E-state index in [4.69, 9.17) is 4.74 Å². The fourth-order valence-electron chi connectivity index (χ4n) is 2.81. The third-order valence-corrected chi connectivity index (χ3v) is 6.17. The second-order valence-electron chi connectivity index (χ2n) is 6.15. The van der Waals surface area contributed by atoms with Crippen LogP contribution >= 0.6 is 0 Å². The molecule has 0 bridgehead atoms. The number of nitrogens with one attached hydrogen (secondary N) is 1. The largest absolute Gasteiger partial charge is 0.504 e. The van der Waals surface area contributed by atoms with Crippen LogP contribution in [0.25, 0.3) is 0 Å². The lowest BCUT2D eigenvalue weighted by molar-refractivity contribution is 0.346. The first-order valence-electron chi connectivity index (χ1n) is 8.63. The molecule has 2 heterocycles. The number of sulfonamides is 1. The second-order valence-corrected chi connectivity index (χ2v) is 8.08. The van der Waals surface area contributed by atoms with E-state index < -0.39 is 10.0 Å². The summed E-state index contributed by atoms with van der Waals surface area (Å²) < 4.78 is 31.7. The zero-order chi connectivity index (χ0) is 19.3. The average molecular weight is 390 g/mol. The summed E-state index contributed by atoms with van der Waals surface area (Å²) in [6.45, 7) is 1.11. The van der Waals surface area contributed by atoms with Crippen LogP contribution in [0.15, 0.2) is 46.5 Å². The topological polar surface area (TPSA) is 104 Å². The Labute approximate surface area is 158 Å². The third-order valence-electron chi connectivity index (χ3n) is 4.28. The van der Waals surface area contributed by atoms with E-state index in [-0.39, 0.29) is 10.6 Å². The fourth-order valence-corrected chi connectivity index (χ4v) is 4.28. The van der Waals surface area contributed by atoms with Crippen LogP contribution < -0.4 is 10.2 Å². The van der Waals surface area contributed by atoms with Crippen LogP contribution in [0.5, 0.6) is 11.5 Å². The van der Waals surface area contributed by atoms with Crippen LogP contribution in [-0.4, -0.2) is 49.2 Å². The minimum absolute atomic E-state index is 0.0202. The summed E-state index contributed by atoms with van der Waals surface area (Å²) in [5.74, 6) is 0.820. The number of rotatable bonds is 6. The van der Waals surface area contributed by atoms with Gasteiger partial charge in [-0.15, -0.1) is 0 Å². The summed E-state index contributed by atoms with van der Waals surface area (Å²) in [5, 5.41) is 13.8. The Morgan fingerprint density at radius 3 is 2.63 bits per heavy atom. The van der Waals surface area contributed by atoms with Gasteiger partial charge in [-0.2, -0.15) is 9.41 Å². The Hall–Kier alpha value is -2.65. The molecule has 144 valence electrons. The van der Waals surface area contributed by atoms with Crippen molar-refractivity contribution in [3.05, 3.63) is 42.1 Å². The van der Waals surface area contributed by atoms with Gasteiger partial charge >= 0.3 is 0 Å². The lowest BCUT2D eigenvalue weighted by Crippen LogP contribution is -2.35. The number of aromatic nitrogens is 1. The van der Waals surface area contributed by atoms with Crippen LogP contribution in [0.2, 0.25) is 0 Å². The highest BCUT2D eigenvalue weighted by atomic mass is 32.2. The number of phenolic OH excluding ortho intramolecular Hbond substituents is 1. The lowest BCUT2D eigenvalue weighted by Gasteiger charge is -2.25. The molecule has 1 aromatic heterocycles. The van der Waals surface area contributed by atoms with E-state index in [9.17, 15) is 13.5 Å². The summed E-state index contributed by atoms with van der Waals surface area (Å²) >= 11 is 0. The van der Waals surface area contributed by atoms with Gasteiger partial charge in [0.15, 0.2) is 11.5 Å². The van der Waals surface area contributed by atoms with E-state index in [1.54, 1.807) is 18.2 Å². The molecule has 1 aliphatic heterocycles. The molecule has 3 rings (SSSR count). The van der Waals surface area contributed by atoms with Crippen molar-refractivity contribution in [3.63, 3.8) is 0 Å². The zero-order valence-corrected chi connectivity index (χ0v) is 15.8. The van der Waals surface area contributed by atoms with Gasteiger partial charge in [0.1, 0.15) is 10.7 Å². The van der Waals surface area contributed by atoms with Gasteiger partial charge in [-0.1, -0.05) is 6.42 Å². The van der Waals surface area contributed by atoms with Crippen LogP contribution in [0.4, 0.5) is 5.82 Å². The summed E-state index contributed by atoms with van der Waals surface area (Å²) in [5.41, 5.74) is 3.41. The van der Waals surface area contributed by atoms with Crippen LogP contribution in [0.3, 0.4) is 0 Å². The third kappa shape index (κ3) is 4.55. The summed E-state index contributed by atoms with van der Waals surface area (Å²) in [6, 6.07) is 7.99. The van der Waals surface area contributed by atoms with E-state index in [2.05, 4.69) is 15.5 Å². The lowest BCUT2D eigenvalue weighted by atomic mass is 10.2. The molecule has 0 amide bonds. The second kappa shape index (κ2) is 8.36. The Balaban J connectivity index is 1.64. The number of aromatic hydroxyl groups is 1. The van der Waals surface area contributed by atoms with Gasteiger partial charge in [0.05, 0.1) is 13.3 Å². The molecule has 9 heteroatoms. The van der Waals surface area contributed by atoms with Crippen molar-refractivity contribution in [2.75, 3.05) is 25.6 Å². The molecule has 27 heavy (non-hydrogen) atoms. The molecular weight excluding hydrogens is 368 g/mol. The SMILES string of the molecule is COc1ccc(/C=N/Nc2ccc(S(=O)(=O)N3CCCCC3)cn2)cc1O.